The summed E-state index contributed by atoms with van der Waals surface area (Å²) in [5.41, 5.74) is 0. The molecule has 0 radical (unpaired) electrons. The van der Waals surface area contributed by atoms with Gasteiger partial charge in [-0.3, -0.25) is 9.59 Å². The van der Waals surface area contributed by atoms with Crippen molar-refractivity contribution in [2.24, 2.45) is 17.8 Å². The number of ether oxygens (including phenoxy) is 1. The smallest absolute Gasteiger partial charge is 0.316 e. The van der Waals surface area contributed by atoms with Gasteiger partial charge in [-0.1, -0.05) is 13.8 Å². The molecule has 1 aliphatic carbocycles. The number of esters is 1. The Morgan fingerprint density at radius 3 is 2.54 bits per heavy atom. The predicted octanol–water partition coefficient (Wildman–Crippen LogP) is 1.41. The SMILES string of the molecule is COC(=O)[C@H]1C[C@H](C(C)C)CC1=O. The maximum Gasteiger partial charge on any atom is 0.316 e. The first-order valence-corrected chi connectivity index (χ1v) is 4.66. The van der Waals surface area contributed by atoms with Crippen molar-refractivity contribution in [3.8, 4) is 0 Å². The number of hydrogen-bond donors (Lipinski definition) is 0. The van der Waals surface area contributed by atoms with Crippen LogP contribution in [0.15, 0.2) is 0 Å². The van der Waals surface area contributed by atoms with E-state index in [1.165, 1.54) is 7.11 Å². The molecule has 1 rings (SSSR count). The van der Waals surface area contributed by atoms with E-state index in [1.807, 2.05) is 0 Å². The van der Waals surface area contributed by atoms with E-state index >= 15 is 0 Å². The number of Topliss-reactive ketones (excluding diaryl/α,β-unsaturated/α-hetero) is 1. The number of carbonyl (C=O) groups is 2. The van der Waals surface area contributed by atoms with Crippen LogP contribution >= 0.6 is 0 Å². The highest BCUT2D eigenvalue weighted by molar-refractivity contribution is 6.00. The summed E-state index contributed by atoms with van der Waals surface area (Å²) in [6.07, 6.45) is 1.21. The van der Waals surface area contributed by atoms with Crippen molar-refractivity contribution in [2.75, 3.05) is 7.11 Å². The lowest BCUT2D eigenvalue weighted by atomic mass is 9.93. The highest BCUT2D eigenvalue weighted by Gasteiger charge is 2.38. The molecule has 0 aromatic carbocycles. The van der Waals surface area contributed by atoms with Crippen LogP contribution in [0.5, 0.6) is 0 Å². The quantitative estimate of drug-likeness (QED) is 0.481. The predicted molar refractivity (Wildman–Crippen MR) is 48.1 cm³/mol. The summed E-state index contributed by atoms with van der Waals surface area (Å²) in [4.78, 5) is 22.5. The molecule has 0 aromatic rings. The van der Waals surface area contributed by atoms with Crippen molar-refractivity contribution in [1.29, 1.82) is 0 Å². The number of carbonyl (C=O) groups excluding carboxylic acids is 2. The molecule has 1 aliphatic rings. The molecular weight excluding hydrogens is 168 g/mol. The third-order valence-corrected chi connectivity index (χ3v) is 2.82. The monoisotopic (exact) mass is 184 g/mol. The molecule has 0 unspecified atom stereocenters. The van der Waals surface area contributed by atoms with E-state index < -0.39 is 5.92 Å². The van der Waals surface area contributed by atoms with E-state index in [0.29, 0.717) is 24.7 Å². The van der Waals surface area contributed by atoms with Gasteiger partial charge in [0.1, 0.15) is 11.7 Å². The summed E-state index contributed by atoms with van der Waals surface area (Å²) in [6.45, 7) is 4.16. The van der Waals surface area contributed by atoms with E-state index in [0.717, 1.165) is 0 Å². The molecule has 0 heterocycles. The van der Waals surface area contributed by atoms with Gasteiger partial charge < -0.3 is 4.74 Å². The molecule has 1 saturated carbocycles. The van der Waals surface area contributed by atoms with Crippen molar-refractivity contribution in [3.05, 3.63) is 0 Å². The standard InChI is InChI=1S/C10H16O3/c1-6(2)7-4-8(9(11)5-7)10(12)13-3/h6-8H,4-5H2,1-3H3/t7-,8-/m0/s1. The van der Waals surface area contributed by atoms with Crippen molar-refractivity contribution in [3.63, 3.8) is 0 Å². The van der Waals surface area contributed by atoms with Gasteiger partial charge >= 0.3 is 5.97 Å². The van der Waals surface area contributed by atoms with Crippen LogP contribution in [-0.4, -0.2) is 18.9 Å². The molecule has 3 nitrogen and oxygen atoms in total. The Bertz CT molecular complexity index is 220. The first-order valence-electron chi connectivity index (χ1n) is 4.66. The number of ketones is 1. The fourth-order valence-electron chi connectivity index (χ4n) is 1.80. The van der Waals surface area contributed by atoms with Crippen molar-refractivity contribution < 1.29 is 14.3 Å². The van der Waals surface area contributed by atoms with Gasteiger partial charge in [-0.15, -0.1) is 0 Å². The molecule has 0 N–H and O–H groups in total. The average Bonchev–Trinajstić information content (AvgIpc) is 2.46. The van der Waals surface area contributed by atoms with Crippen LogP contribution in [0, 0.1) is 17.8 Å². The molecule has 0 amide bonds. The first-order chi connectivity index (χ1) is 6.06. The number of rotatable bonds is 2. The summed E-state index contributed by atoms with van der Waals surface area (Å²) in [5.74, 6) is 0.0197. The summed E-state index contributed by atoms with van der Waals surface area (Å²) < 4.78 is 4.57. The number of hydrogen-bond acceptors (Lipinski definition) is 3. The minimum atomic E-state index is -0.489. The summed E-state index contributed by atoms with van der Waals surface area (Å²) in [6, 6.07) is 0. The second-order valence-corrected chi connectivity index (χ2v) is 3.99. The molecule has 74 valence electrons. The Balaban J connectivity index is 2.61. The van der Waals surface area contributed by atoms with Crippen LogP contribution in [0.1, 0.15) is 26.7 Å². The van der Waals surface area contributed by atoms with Gasteiger partial charge in [0.2, 0.25) is 0 Å². The second-order valence-electron chi connectivity index (χ2n) is 3.99. The van der Waals surface area contributed by atoms with Gasteiger partial charge in [0.25, 0.3) is 0 Å². The molecule has 2 atom stereocenters. The molecule has 0 spiro atoms. The first kappa shape index (κ1) is 10.2. The second kappa shape index (κ2) is 3.90. The van der Waals surface area contributed by atoms with Crippen LogP contribution < -0.4 is 0 Å². The zero-order valence-corrected chi connectivity index (χ0v) is 8.37. The van der Waals surface area contributed by atoms with E-state index in [9.17, 15) is 9.59 Å². The summed E-state index contributed by atoms with van der Waals surface area (Å²) in [5, 5.41) is 0. The molecule has 3 heteroatoms. The molecule has 0 aliphatic heterocycles. The van der Waals surface area contributed by atoms with E-state index in [2.05, 4.69) is 18.6 Å². The zero-order chi connectivity index (χ0) is 10.0. The lowest BCUT2D eigenvalue weighted by Gasteiger charge is -2.12. The lowest BCUT2D eigenvalue weighted by molar-refractivity contribution is -0.148. The highest BCUT2D eigenvalue weighted by atomic mass is 16.5. The largest absolute Gasteiger partial charge is 0.468 e. The van der Waals surface area contributed by atoms with Crippen LogP contribution in [0.2, 0.25) is 0 Å². The molecular formula is C10H16O3. The average molecular weight is 184 g/mol. The Labute approximate surface area is 78.5 Å². The van der Waals surface area contributed by atoms with E-state index in [-0.39, 0.29) is 11.8 Å². The maximum atomic E-state index is 11.4. The Morgan fingerprint density at radius 1 is 1.54 bits per heavy atom. The van der Waals surface area contributed by atoms with Gasteiger partial charge in [0.15, 0.2) is 0 Å². The zero-order valence-electron chi connectivity index (χ0n) is 8.37. The van der Waals surface area contributed by atoms with Gasteiger partial charge in [0.05, 0.1) is 7.11 Å². The minimum Gasteiger partial charge on any atom is -0.468 e. The molecule has 0 aromatic heterocycles. The van der Waals surface area contributed by atoms with Crippen LogP contribution in [0.4, 0.5) is 0 Å². The van der Waals surface area contributed by atoms with Gasteiger partial charge in [0, 0.05) is 6.42 Å². The molecule has 13 heavy (non-hydrogen) atoms. The van der Waals surface area contributed by atoms with Crippen LogP contribution in [-0.2, 0) is 14.3 Å². The van der Waals surface area contributed by atoms with E-state index in [4.69, 9.17) is 0 Å². The number of methoxy groups -OCH3 is 1. The van der Waals surface area contributed by atoms with Gasteiger partial charge in [-0.2, -0.15) is 0 Å². The van der Waals surface area contributed by atoms with E-state index in [1.54, 1.807) is 0 Å². The maximum absolute atomic E-state index is 11.4. The third kappa shape index (κ3) is 2.08. The lowest BCUT2D eigenvalue weighted by Crippen LogP contribution is -2.19. The Hall–Kier alpha value is -0.860. The summed E-state index contributed by atoms with van der Waals surface area (Å²) >= 11 is 0. The van der Waals surface area contributed by atoms with Crippen molar-refractivity contribution in [1.82, 2.24) is 0 Å². The fraction of sp³-hybridized carbons (Fsp3) is 0.800. The fourth-order valence-corrected chi connectivity index (χ4v) is 1.80. The summed E-state index contributed by atoms with van der Waals surface area (Å²) in [7, 11) is 1.33. The van der Waals surface area contributed by atoms with Crippen LogP contribution in [0.25, 0.3) is 0 Å². The highest BCUT2D eigenvalue weighted by Crippen LogP contribution is 2.33. The van der Waals surface area contributed by atoms with Gasteiger partial charge in [-0.25, -0.2) is 0 Å². The van der Waals surface area contributed by atoms with Crippen molar-refractivity contribution >= 4 is 11.8 Å². The normalized spacial score (nSPS) is 28.2. The molecule has 1 fully saturated rings. The van der Waals surface area contributed by atoms with Crippen molar-refractivity contribution in [2.45, 2.75) is 26.7 Å². The van der Waals surface area contributed by atoms with Crippen LogP contribution in [0.3, 0.4) is 0 Å². The van der Waals surface area contributed by atoms with Gasteiger partial charge in [-0.05, 0) is 18.3 Å². The third-order valence-electron chi connectivity index (χ3n) is 2.82. The minimum absolute atomic E-state index is 0.0468. The topological polar surface area (TPSA) is 43.4 Å². The molecule has 0 bridgehead atoms. The molecule has 0 saturated heterocycles. The Morgan fingerprint density at radius 2 is 2.15 bits per heavy atom. The Kier molecular flexibility index (Phi) is 3.07.